The maximum Gasteiger partial charge on any atom is 0.166 e. The minimum absolute atomic E-state index is 0.187. The molecule has 0 aliphatic carbocycles. The van der Waals surface area contributed by atoms with Crippen LogP contribution in [-0.4, -0.2) is 25.3 Å². The molecule has 0 saturated carbocycles. The Bertz CT molecular complexity index is 345. The number of carbonyl (C=O) groups excluding carboxylic acids is 1. The fraction of sp³-hybridized carbons (Fsp3) is 0.462. The summed E-state index contributed by atoms with van der Waals surface area (Å²) in [7, 11) is 0. The van der Waals surface area contributed by atoms with E-state index in [0.717, 1.165) is 31.5 Å². The highest BCUT2D eigenvalue weighted by molar-refractivity contribution is 6.30. The number of hydrogen-bond donors (Lipinski definition) is 1. The summed E-state index contributed by atoms with van der Waals surface area (Å²) in [4.78, 5) is 12.0. The Morgan fingerprint density at radius 2 is 1.71 bits per heavy atom. The number of nitrogens with one attached hydrogen (secondary N) is 1. The lowest BCUT2D eigenvalue weighted by molar-refractivity contribution is 0.0895. The molecule has 1 aromatic rings. The van der Waals surface area contributed by atoms with E-state index in [1.807, 2.05) is 12.1 Å². The third kappa shape index (κ3) is 4.30. The molecule has 1 saturated heterocycles. The Morgan fingerprint density at radius 1 is 1.18 bits per heavy atom. The van der Waals surface area contributed by atoms with Crippen LogP contribution in [0.1, 0.15) is 23.2 Å². The van der Waals surface area contributed by atoms with Gasteiger partial charge in [-0.05, 0) is 50.2 Å². The van der Waals surface area contributed by atoms with Crippen LogP contribution in [0.2, 0.25) is 5.02 Å². The van der Waals surface area contributed by atoms with E-state index in [0.29, 0.717) is 5.02 Å². The van der Waals surface area contributed by atoms with Crippen molar-refractivity contribution < 1.29 is 4.79 Å². The molecule has 0 radical (unpaired) electrons. The minimum atomic E-state index is 0.187. The molecule has 17 heavy (non-hydrogen) atoms. The lowest BCUT2D eigenvalue weighted by atomic mass is 9.90. The van der Waals surface area contributed by atoms with Crippen LogP contribution in [0.4, 0.5) is 0 Å². The fourth-order valence-corrected chi connectivity index (χ4v) is 2.06. The van der Waals surface area contributed by atoms with E-state index in [2.05, 4.69) is 16.9 Å². The minimum Gasteiger partial charge on any atom is -0.317 e. The second-order valence-corrected chi connectivity index (χ2v) is 4.33. The Balaban J connectivity index is 0.000000686. The molecule has 0 aromatic heterocycles. The number of benzene rings is 1. The first kappa shape index (κ1) is 14.5. The van der Waals surface area contributed by atoms with Gasteiger partial charge >= 0.3 is 0 Å². The molecule has 2 nitrogen and oxygen atoms in total. The average molecular weight is 274 g/mol. The summed E-state index contributed by atoms with van der Waals surface area (Å²) in [5.41, 5.74) is 0.784. The molecule has 94 valence electrons. The molecule has 1 aliphatic heterocycles. The van der Waals surface area contributed by atoms with Crippen LogP contribution >= 0.6 is 23.2 Å². The second kappa shape index (κ2) is 7.70. The van der Waals surface area contributed by atoms with Gasteiger partial charge in [0.2, 0.25) is 0 Å². The molecule has 1 N–H and O–H groups in total. The van der Waals surface area contributed by atoms with Crippen LogP contribution in [0.3, 0.4) is 0 Å². The number of carbonyl (C=O) groups is 1. The molecule has 1 aromatic carbocycles. The molecule has 0 spiro atoms. The summed E-state index contributed by atoms with van der Waals surface area (Å²) in [6.45, 7) is 1.90. The smallest absolute Gasteiger partial charge is 0.166 e. The largest absolute Gasteiger partial charge is 0.317 e. The number of halogens is 2. The second-order valence-electron chi connectivity index (χ2n) is 3.90. The van der Waals surface area contributed by atoms with Gasteiger partial charge in [-0.15, -0.1) is 11.6 Å². The van der Waals surface area contributed by atoms with E-state index in [-0.39, 0.29) is 11.7 Å². The van der Waals surface area contributed by atoms with E-state index < -0.39 is 0 Å². The highest BCUT2D eigenvalue weighted by atomic mass is 35.5. The van der Waals surface area contributed by atoms with Gasteiger partial charge < -0.3 is 5.32 Å². The third-order valence-corrected chi connectivity index (χ3v) is 3.09. The summed E-state index contributed by atoms with van der Waals surface area (Å²) in [5.74, 6) is 0.445. The van der Waals surface area contributed by atoms with E-state index >= 15 is 0 Å². The van der Waals surface area contributed by atoms with Crippen molar-refractivity contribution in [3.63, 3.8) is 0 Å². The quantitative estimate of drug-likeness (QED) is 0.661. The number of piperidine rings is 1. The predicted octanol–water partition coefficient (Wildman–Crippen LogP) is 3.38. The summed E-state index contributed by atoms with van der Waals surface area (Å²) in [5, 5.41) is 3.93. The van der Waals surface area contributed by atoms with Crippen LogP contribution in [0, 0.1) is 5.92 Å². The lowest BCUT2D eigenvalue weighted by Crippen LogP contribution is -2.31. The van der Waals surface area contributed by atoms with Crippen LogP contribution in [0.15, 0.2) is 24.3 Å². The molecule has 1 aliphatic rings. The Hall–Kier alpha value is -0.570. The van der Waals surface area contributed by atoms with Gasteiger partial charge in [0.25, 0.3) is 0 Å². The zero-order valence-corrected chi connectivity index (χ0v) is 11.4. The first-order valence-electron chi connectivity index (χ1n) is 5.65. The Kier molecular flexibility index (Phi) is 6.56. The van der Waals surface area contributed by atoms with Crippen LogP contribution in [0.5, 0.6) is 0 Å². The van der Waals surface area contributed by atoms with Crippen molar-refractivity contribution in [1.29, 1.82) is 0 Å². The standard InChI is InChI=1S/C12H14ClNO.CH3Cl/c13-11-3-1-9(2-4-11)12(15)10-5-7-14-8-6-10;1-2/h1-4,10,14H,5-8H2;1H3. The van der Waals surface area contributed by atoms with Gasteiger partial charge in [0, 0.05) is 22.9 Å². The van der Waals surface area contributed by atoms with E-state index in [1.54, 1.807) is 12.1 Å². The number of hydrogen-bond acceptors (Lipinski definition) is 2. The lowest BCUT2D eigenvalue weighted by Gasteiger charge is -2.21. The maximum absolute atomic E-state index is 12.0. The van der Waals surface area contributed by atoms with Crippen molar-refractivity contribution in [2.75, 3.05) is 19.5 Å². The Labute approximate surface area is 112 Å². The zero-order chi connectivity index (χ0) is 12.7. The summed E-state index contributed by atoms with van der Waals surface area (Å²) in [6.07, 6.45) is 3.36. The third-order valence-electron chi connectivity index (χ3n) is 2.84. The van der Waals surface area contributed by atoms with Crippen molar-refractivity contribution in [2.45, 2.75) is 12.8 Å². The van der Waals surface area contributed by atoms with Crippen LogP contribution < -0.4 is 5.32 Å². The number of alkyl halides is 1. The monoisotopic (exact) mass is 273 g/mol. The Morgan fingerprint density at radius 3 is 2.24 bits per heavy atom. The van der Waals surface area contributed by atoms with Gasteiger partial charge in [-0.3, -0.25) is 4.79 Å². The number of rotatable bonds is 2. The van der Waals surface area contributed by atoms with Crippen molar-refractivity contribution in [2.24, 2.45) is 5.92 Å². The van der Waals surface area contributed by atoms with Crippen molar-refractivity contribution in [3.05, 3.63) is 34.9 Å². The van der Waals surface area contributed by atoms with Crippen LogP contribution in [0.25, 0.3) is 0 Å². The molecule has 1 heterocycles. The molecule has 4 heteroatoms. The molecular weight excluding hydrogens is 257 g/mol. The summed E-state index contributed by atoms with van der Waals surface area (Å²) < 4.78 is 0. The van der Waals surface area contributed by atoms with Crippen molar-refractivity contribution in [3.8, 4) is 0 Å². The molecule has 1 fully saturated rings. The van der Waals surface area contributed by atoms with Gasteiger partial charge in [-0.1, -0.05) is 11.6 Å². The molecule has 2 rings (SSSR count). The molecular formula is C13H17Cl2NO. The first-order valence-corrected chi connectivity index (χ1v) is 6.79. The SMILES string of the molecule is CCl.O=C(c1ccc(Cl)cc1)C1CCNCC1. The fourth-order valence-electron chi connectivity index (χ4n) is 1.93. The van der Waals surface area contributed by atoms with Crippen LogP contribution in [-0.2, 0) is 0 Å². The van der Waals surface area contributed by atoms with E-state index in [9.17, 15) is 4.79 Å². The van der Waals surface area contributed by atoms with Crippen molar-refractivity contribution in [1.82, 2.24) is 5.32 Å². The first-order chi connectivity index (χ1) is 8.27. The number of Topliss-reactive ketones (excluding diaryl/α,β-unsaturated/α-hetero) is 1. The summed E-state index contributed by atoms with van der Waals surface area (Å²) in [6, 6.07) is 7.17. The molecule has 0 unspecified atom stereocenters. The normalized spacial score (nSPS) is 15.9. The zero-order valence-electron chi connectivity index (χ0n) is 9.88. The van der Waals surface area contributed by atoms with Gasteiger partial charge in [0.1, 0.15) is 0 Å². The topological polar surface area (TPSA) is 29.1 Å². The van der Waals surface area contributed by atoms with Gasteiger partial charge in [-0.2, -0.15) is 0 Å². The average Bonchev–Trinajstić information content (AvgIpc) is 2.42. The van der Waals surface area contributed by atoms with E-state index in [4.69, 9.17) is 11.6 Å². The van der Waals surface area contributed by atoms with Crippen molar-refractivity contribution >= 4 is 29.0 Å². The highest BCUT2D eigenvalue weighted by Gasteiger charge is 2.21. The molecule has 0 amide bonds. The van der Waals surface area contributed by atoms with E-state index in [1.165, 1.54) is 6.38 Å². The maximum atomic E-state index is 12.0. The predicted molar refractivity (Wildman–Crippen MR) is 73.2 cm³/mol. The highest BCUT2D eigenvalue weighted by Crippen LogP contribution is 2.19. The van der Waals surface area contributed by atoms with Gasteiger partial charge in [0.15, 0.2) is 5.78 Å². The number of ketones is 1. The summed E-state index contributed by atoms with van der Waals surface area (Å²) >= 11 is 10.4. The molecule has 0 atom stereocenters. The van der Waals surface area contributed by atoms with Gasteiger partial charge in [0.05, 0.1) is 0 Å². The van der Waals surface area contributed by atoms with Gasteiger partial charge in [-0.25, -0.2) is 0 Å². The molecule has 0 bridgehead atoms.